The summed E-state index contributed by atoms with van der Waals surface area (Å²) >= 11 is 1.57. The van der Waals surface area contributed by atoms with Gasteiger partial charge in [0.15, 0.2) is 0 Å². The van der Waals surface area contributed by atoms with Gasteiger partial charge < -0.3 is 10.1 Å². The van der Waals surface area contributed by atoms with Crippen LogP contribution in [0.3, 0.4) is 0 Å². The van der Waals surface area contributed by atoms with Crippen LogP contribution < -0.4 is 10.1 Å². The van der Waals surface area contributed by atoms with Crippen LogP contribution in [0.15, 0.2) is 79.1 Å². The highest BCUT2D eigenvalue weighted by atomic mass is 32.1. The van der Waals surface area contributed by atoms with E-state index in [2.05, 4.69) is 15.3 Å². The van der Waals surface area contributed by atoms with Crippen LogP contribution in [0.4, 0.5) is 0 Å². The second kappa shape index (κ2) is 8.67. The normalized spacial score (nSPS) is 10.5. The SMILES string of the molecule is Cc1nc(-c2cccnc2)sc1CNC(=O)c1ccc(Oc2ccccc2)cc1. The Morgan fingerprint density at radius 1 is 1.00 bits per heavy atom. The highest BCUT2D eigenvalue weighted by molar-refractivity contribution is 7.15. The van der Waals surface area contributed by atoms with Gasteiger partial charge in [0.05, 0.1) is 12.2 Å². The molecule has 4 rings (SSSR count). The molecule has 6 heteroatoms. The van der Waals surface area contributed by atoms with Crippen molar-refractivity contribution < 1.29 is 9.53 Å². The van der Waals surface area contributed by atoms with Crippen molar-refractivity contribution >= 4 is 17.2 Å². The van der Waals surface area contributed by atoms with Crippen LogP contribution in [-0.2, 0) is 6.54 Å². The number of hydrogen-bond acceptors (Lipinski definition) is 5. The lowest BCUT2D eigenvalue weighted by atomic mass is 10.2. The lowest BCUT2D eigenvalue weighted by Gasteiger charge is -2.07. The molecule has 1 amide bonds. The minimum absolute atomic E-state index is 0.132. The first-order chi connectivity index (χ1) is 14.2. The average molecular weight is 401 g/mol. The molecule has 0 unspecified atom stereocenters. The molecule has 5 nitrogen and oxygen atoms in total. The molecule has 29 heavy (non-hydrogen) atoms. The number of benzene rings is 2. The number of carbonyl (C=O) groups is 1. The molecule has 2 aromatic heterocycles. The fraction of sp³-hybridized carbons (Fsp3) is 0.0870. The largest absolute Gasteiger partial charge is 0.457 e. The van der Waals surface area contributed by atoms with Crippen LogP contribution in [0.25, 0.3) is 10.6 Å². The monoisotopic (exact) mass is 401 g/mol. The van der Waals surface area contributed by atoms with E-state index in [9.17, 15) is 4.79 Å². The van der Waals surface area contributed by atoms with Gasteiger partial charge >= 0.3 is 0 Å². The molecule has 0 saturated carbocycles. The number of aromatic nitrogens is 2. The first kappa shape index (κ1) is 18.8. The van der Waals surface area contributed by atoms with E-state index in [1.54, 1.807) is 48.0 Å². The Morgan fingerprint density at radius 3 is 2.48 bits per heavy atom. The molecule has 0 spiro atoms. The van der Waals surface area contributed by atoms with Gasteiger partial charge in [0, 0.05) is 28.4 Å². The number of amides is 1. The van der Waals surface area contributed by atoms with E-state index in [0.717, 1.165) is 26.9 Å². The minimum Gasteiger partial charge on any atom is -0.457 e. The van der Waals surface area contributed by atoms with Crippen LogP contribution in [0, 0.1) is 6.92 Å². The lowest BCUT2D eigenvalue weighted by Crippen LogP contribution is -2.22. The summed E-state index contributed by atoms with van der Waals surface area (Å²) in [5.41, 5.74) is 2.48. The molecular formula is C23H19N3O2S. The van der Waals surface area contributed by atoms with Gasteiger partial charge in [-0.25, -0.2) is 4.98 Å². The third-order valence-corrected chi connectivity index (χ3v) is 5.51. The molecule has 4 aromatic rings. The van der Waals surface area contributed by atoms with Gasteiger partial charge in [-0.3, -0.25) is 9.78 Å². The number of carbonyl (C=O) groups excluding carboxylic acids is 1. The fourth-order valence-electron chi connectivity index (χ4n) is 2.77. The second-order valence-corrected chi connectivity index (χ2v) is 7.48. The summed E-state index contributed by atoms with van der Waals surface area (Å²) in [5.74, 6) is 1.31. The number of pyridine rings is 1. The van der Waals surface area contributed by atoms with E-state index in [0.29, 0.717) is 17.9 Å². The molecule has 0 atom stereocenters. The molecule has 0 radical (unpaired) electrons. The van der Waals surface area contributed by atoms with E-state index in [1.807, 2.05) is 49.4 Å². The van der Waals surface area contributed by atoms with Crippen LogP contribution in [-0.4, -0.2) is 15.9 Å². The van der Waals surface area contributed by atoms with Crippen molar-refractivity contribution in [1.82, 2.24) is 15.3 Å². The number of nitrogens with one attached hydrogen (secondary N) is 1. The maximum absolute atomic E-state index is 12.5. The van der Waals surface area contributed by atoms with Gasteiger partial charge in [-0.2, -0.15) is 0 Å². The maximum Gasteiger partial charge on any atom is 0.251 e. The van der Waals surface area contributed by atoms with Crippen molar-refractivity contribution in [1.29, 1.82) is 0 Å². The number of aryl methyl sites for hydroxylation is 1. The molecule has 144 valence electrons. The van der Waals surface area contributed by atoms with Gasteiger partial charge in [0.25, 0.3) is 5.91 Å². The van der Waals surface area contributed by atoms with Crippen molar-refractivity contribution in [2.75, 3.05) is 0 Å². The van der Waals surface area contributed by atoms with Crippen molar-refractivity contribution in [2.45, 2.75) is 13.5 Å². The van der Waals surface area contributed by atoms with E-state index >= 15 is 0 Å². The average Bonchev–Trinajstić information content (AvgIpc) is 3.14. The van der Waals surface area contributed by atoms with Crippen LogP contribution in [0.2, 0.25) is 0 Å². The zero-order chi connectivity index (χ0) is 20.1. The Balaban J connectivity index is 1.38. The summed E-state index contributed by atoms with van der Waals surface area (Å²) in [7, 11) is 0. The summed E-state index contributed by atoms with van der Waals surface area (Å²) in [6.45, 7) is 2.39. The molecule has 0 aliphatic rings. The summed E-state index contributed by atoms with van der Waals surface area (Å²) < 4.78 is 5.76. The van der Waals surface area contributed by atoms with Crippen molar-refractivity contribution in [3.63, 3.8) is 0 Å². The highest BCUT2D eigenvalue weighted by Crippen LogP contribution is 2.27. The number of hydrogen-bond donors (Lipinski definition) is 1. The smallest absolute Gasteiger partial charge is 0.251 e. The quantitative estimate of drug-likeness (QED) is 0.480. The molecular weight excluding hydrogens is 382 g/mol. The summed E-state index contributed by atoms with van der Waals surface area (Å²) in [4.78, 5) is 22.3. The highest BCUT2D eigenvalue weighted by Gasteiger charge is 2.12. The standard InChI is InChI=1S/C23H19N3O2S/c1-16-21(29-23(26-16)18-6-5-13-24-14-18)15-25-22(27)17-9-11-20(12-10-17)28-19-7-3-2-4-8-19/h2-14H,15H2,1H3,(H,25,27). The topological polar surface area (TPSA) is 64.1 Å². The molecule has 2 aromatic carbocycles. The maximum atomic E-state index is 12.5. The molecule has 0 saturated heterocycles. The van der Waals surface area contributed by atoms with E-state index < -0.39 is 0 Å². The van der Waals surface area contributed by atoms with Gasteiger partial charge in [-0.1, -0.05) is 18.2 Å². The molecule has 0 bridgehead atoms. The molecule has 0 fully saturated rings. The van der Waals surface area contributed by atoms with Gasteiger partial charge in [0.1, 0.15) is 16.5 Å². The Morgan fingerprint density at radius 2 is 1.76 bits per heavy atom. The van der Waals surface area contributed by atoms with Crippen LogP contribution in [0.5, 0.6) is 11.5 Å². The van der Waals surface area contributed by atoms with E-state index in [1.165, 1.54) is 0 Å². The van der Waals surface area contributed by atoms with Gasteiger partial charge in [-0.05, 0) is 55.5 Å². The van der Waals surface area contributed by atoms with Gasteiger partial charge in [0.2, 0.25) is 0 Å². The summed E-state index contributed by atoms with van der Waals surface area (Å²) in [6, 6.07) is 20.5. The fourth-order valence-corrected chi connectivity index (χ4v) is 3.76. The van der Waals surface area contributed by atoms with Crippen LogP contribution in [0.1, 0.15) is 20.9 Å². The predicted octanol–water partition coefficient (Wildman–Crippen LogP) is 5.24. The van der Waals surface area contributed by atoms with E-state index in [-0.39, 0.29) is 5.91 Å². The number of rotatable bonds is 6. The number of ether oxygens (including phenoxy) is 1. The molecule has 2 heterocycles. The van der Waals surface area contributed by atoms with Crippen molar-refractivity contribution in [3.8, 4) is 22.1 Å². The van der Waals surface area contributed by atoms with Crippen LogP contribution >= 0.6 is 11.3 Å². The molecule has 0 aliphatic heterocycles. The zero-order valence-electron chi connectivity index (χ0n) is 15.8. The van der Waals surface area contributed by atoms with Crippen molar-refractivity contribution in [3.05, 3.63) is 95.3 Å². The Hall–Kier alpha value is -3.51. The first-order valence-corrected chi connectivity index (χ1v) is 9.98. The summed E-state index contributed by atoms with van der Waals surface area (Å²) in [5, 5.41) is 3.87. The van der Waals surface area contributed by atoms with Gasteiger partial charge in [-0.15, -0.1) is 11.3 Å². The number of para-hydroxylation sites is 1. The third kappa shape index (κ3) is 4.67. The Kier molecular flexibility index (Phi) is 5.63. The molecule has 0 aliphatic carbocycles. The lowest BCUT2D eigenvalue weighted by molar-refractivity contribution is 0.0951. The Labute approximate surface area is 173 Å². The predicted molar refractivity (Wildman–Crippen MR) is 114 cm³/mol. The Bertz CT molecular complexity index is 1090. The van der Waals surface area contributed by atoms with E-state index in [4.69, 9.17) is 4.74 Å². The minimum atomic E-state index is -0.132. The van der Waals surface area contributed by atoms with Crippen molar-refractivity contribution in [2.24, 2.45) is 0 Å². The zero-order valence-corrected chi connectivity index (χ0v) is 16.6. The summed E-state index contributed by atoms with van der Waals surface area (Å²) in [6.07, 6.45) is 3.53. The third-order valence-electron chi connectivity index (χ3n) is 4.31. The number of thiazole rings is 1. The second-order valence-electron chi connectivity index (χ2n) is 6.39. The number of nitrogens with zero attached hydrogens (tertiary/aromatic N) is 2. The first-order valence-electron chi connectivity index (χ1n) is 9.17. The molecule has 1 N–H and O–H groups in total.